The molecule has 1 aromatic rings. The van der Waals surface area contributed by atoms with Crippen LogP contribution >= 0.6 is 12.2 Å². The van der Waals surface area contributed by atoms with Crippen LogP contribution in [0.15, 0.2) is 36.9 Å². The van der Waals surface area contributed by atoms with E-state index in [1.165, 1.54) is 0 Å². The number of ether oxygens (including phenoxy) is 1. The Morgan fingerprint density at radius 3 is 2.61 bits per heavy atom. The molecular weight excluding hydrogens is 250 g/mol. The Morgan fingerprint density at radius 1 is 1.39 bits per heavy atom. The second-order valence-corrected chi connectivity index (χ2v) is 3.78. The van der Waals surface area contributed by atoms with E-state index in [0.717, 1.165) is 17.9 Å². The zero-order chi connectivity index (χ0) is 13.4. The van der Waals surface area contributed by atoms with Crippen molar-refractivity contribution in [3.8, 4) is 0 Å². The Morgan fingerprint density at radius 2 is 2.06 bits per heavy atom. The third-order valence-electron chi connectivity index (χ3n) is 2.11. The zero-order valence-electron chi connectivity index (χ0n) is 9.72. The molecule has 0 heterocycles. The molecule has 0 aliphatic rings. The fourth-order valence-corrected chi connectivity index (χ4v) is 1.43. The lowest BCUT2D eigenvalue weighted by Crippen LogP contribution is -2.27. The summed E-state index contributed by atoms with van der Waals surface area (Å²) in [5.74, 6) is -0.460. The van der Waals surface area contributed by atoms with Gasteiger partial charge >= 0.3 is 5.97 Å². The van der Waals surface area contributed by atoms with Crippen LogP contribution in [0, 0.1) is 0 Å². The van der Waals surface area contributed by atoms with Crippen LogP contribution in [-0.4, -0.2) is 30.4 Å². The summed E-state index contributed by atoms with van der Waals surface area (Å²) in [5.41, 5.74) is 1.41. The molecule has 0 unspecified atom stereocenters. The number of esters is 1. The number of benzene rings is 1. The van der Waals surface area contributed by atoms with Crippen LogP contribution in [0.1, 0.15) is 15.9 Å². The summed E-state index contributed by atoms with van der Waals surface area (Å²) in [6.07, 6.45) is 1.88. The van der Waals surface area contributed by atoms with Crippen molar-refractivity contribution in [2.45, 2.75) is 0 Å². The average Bonchev–Trinajstić information content (AvgIpc) is 2.43. The molecule has 18 heavy (non-hydrogen) atoms. The van der Waals surface area contributed by atoms with Crippen LogP contribution in [0.3, 0.4) is 0 Å². The molecule has 1 rings (SSSR count). The van der Waals surface area contributed by atoms with Gasteiger partial charge in [-0.2, -0.15) is 0 Å². The third kappa shape index (κ3) is 4.47. The first-order valence-electron chi connectivity index (χ1n) is 5.30. The first-order valence-corrected chi connectivity index (χ1v) is 5.71. The lowest BCUT2D eigenvalue weighted by Gasteiger charge is -2.08. The largest absolute Gasteiger partial charge is 0.461 e. The summed E-state index contributed by atoms with van der Waals surface area (Å²) in [6, 6.07) is 6.89. The Balaban J connectivity index is 2.38. The normalized spacial score (nSPS) is 9.33. The van der Waals surface area contributed by atoms with Gasteiger partial charge in [-0.25, -0.2) is 4.79 Å². The van der Waals surface area contributed by atoms with Crippen molar-refractivity contribution in [3.05, 3.63) is 48.0 Å². The Labute approximate surface area is 111 Å². The van der Waals surface area contributed by atoms with Crippen LogP contribution < -0.4 is 5.32 Å². The van der Waals surface area contributed by atoms with Gasteiger partial charge in [0.1, 0.15) is 17.9 Å². The highest BCUT2D eigenvalue weighted by Crippen LogP contribution is 2.03. The summed E-state index contributed by atoms with van der Waals surface area (Å²) in [4.78, 5) is 21.8. The topological polar surface area (TPSA) is 55.4 Å². The predicted octanol–water partition coefficient (Wildman–Crippen LogP) is 1.49. The van der Waals surface area contributed by atoms with Gasteiger partial charge in [0.25, 0.3) is 0 Å². The molecule has 0 aromatic heterocycles. The summed E-state index contributed by atoms with van der Waals surface area (Å²) < 4.78 is 4.79. The quantitative estimate of drug-likeness (QED) is 0.277. The van der Waals surface area contributed by atoms with Crippen molar-refractivity contribution in [3.63, 3.8) is 0 Å². The standard InChI is InChI=1S/C13H13NO3S/c1-2-12(16)17-8-7-14-13(18)11-5-3-10(9-15)4-6-11/h2-6,9H,1,7-8H2,(H,14,18). The minimum Gasteiger partial charge on any atom is -0.461 e. The molecule has 94 valence electrons. The smallest absolute Gasteiger partial charge is 0.330 e. The van der Waals surface area contributed by atoms with Crippen LogP contribution in [0.2, 0.25) is 0 Å². The molecule has 0 saturated carbocycles. The van der Waals surface area contributed by atoms with E-state index in [0.29, 0.717) is 17.1 Å². The fourth-order valence-electron chi connectivity index (χ4n) is 1.19. The highest BCUT2D eigenvalue weighted by molar-refractivity contribution is 7.80. The molecule has 0 bridgehead atoms. The molecule has 0 aliphatic carbocycles. The van der Waals surface area contributed by atoms with E-state index >= 15 is 0 Å². The highest BCUT2D eigenvalue weighted by atomic mass is 32.1. The number of nitrogens with one attached hydrogen (secondary N) is 1. The van der Waals surface area contributed by atoms with Gasteiger partial charge in [0, 0.05) is 23.7 Å². The Kier molecular flexibility index (Phi) is 5.73. The highest BCUT2D eigenvalue weighted by Gasteiger charge is 2.01. The average molecular weight is 263 g/mol. The number of carbonyl (C=O) groups is 2. The second-order valence-electron chi connectivity index (χ2n) is 3.37. The van der Waals surface area contributed by atoms with E-state index in [2.05, 4.69) is 11.9 Å². The first kappa shape index (κ1) is 14.1. The molecule has 1 N–H and O–H groups in total. The maximum atomic E-state index is 10.8. The lowest BCUT2D eigenvalue weighted by molar-refractivity contribution is -0.137. The second kappa shape index (κ2) is 7.34. The van der Waals surface area contributed by atoms with Gasteiger partial charge in [0.2, 0.25) is 0 Å². The molecule has 0 saturated heterocycles. The third-order valence-corrected chi connectivity index (χ3v) is 2.49. The summed E-state index contributed by atoms with van der Waals surface area (Å²) in [5, 5.41) is 2.95. The van der Waals surface area contributed by atoms with Gasteiger partial charge in [0.05, 0.1) is 0 Å². The molecule has 0 spiro atoms. The van der Waals surface area contributed by atoms with Gasteiger partial charge in [-0.1, -0.05) is 43.1 Å². The van der Waals surface area contributed by atoms with E-state index in [1.807, 2.05) is 0 Å². The van der Waals surface area contributed by atoms with E-state index in [-0.39, 0.29) is 6.61 Å². The van der Waals surface area contributed by atoms with E-state index in [1.54, 1.807) is 24.3 Å². The van der Waals surface area contributed by atoms with Gasteiger partial charge in [0.15, 0.2) is 0 Å². The summed E-state index contributed by atoms with van der Waals surface area (Å²) in [6.45, 7) is 3.93. The maximum Gasteiger partial charge on any atom is 0.330 e. The van der Waals surface area contributed by atoms with Gasteiger partial charge in [-0.3, -0.25) is 4.79 Å². The number of thiocarbonyl (C=S) groups is 1. The van der Waals surface area contributed by atoms with Gasteiger partial charge in [-0.15, -0.1) is 0 Å². The van der Waals surface area contributed by atoms with Crippen LogP contribution in [0.4, 0.5) is 0 Å². The van der Waals surface area contributed by atoms with Crippen LogP contribution in [0.25, 0.3) is 0 Å². The molecule has 5 heteroatoms. The van der Waals surface area contributed by atoms with Crippen LogP contribution in [-0.2, 0) is 9.53 Å². The minimum atomic E-state index is -0.460. The molecule has 4 nitrogen and oxygen atoms in total. The predicted molar refractivity (Wildman–Crippen MR) is 72.7 cm³/mol. The van der Waals surface area contributed by atoms with Crippen molar-refractivity contribution < 1.29 is 14.3 Å². The van der Waals surface area contributed by atoms with Crippen LogP contribution in [0.5, 0.6) is 0 Å². The summed E-state index contributed by atoms with van der Waals surface area (Å²) >= 11 is 5.15. The van der Waals surface area contributed by atoms with Crippen molar-refractivity contribution >= 4 is 29.5 Å². The fraction of sp³-hybridized carbons (Fsp3) is 0.154. The number of hydrogen-bond donors (Lipinski definition) is 1. The monoisotopic (exact) mass is 263 g/mol. The molecule has 0 fully saturated rings. The Bertz CT molecular complexity index is 454. The molecular formula is C13H13NO3S. The van der Waals surface area contributed by atoms with E-state index < -0.39 is 5.97 Å². The number of carbonyl (C=O) groups excluding carboxylic acids is 2. The maximum absolute atomic E-state index is 10.8. The minimum absolute atomic E-state index is 0.220. The molecule has 0 amide bonds. The number of aldehydes is 1. The van der Waals surface area contributed by atoms with Crippen molar-refractivity contribution in [2.75, 3.05) is 13.2 Å². The Hall–Kier alpha value is -2.01. The van der Waals surface area contributed by atoms with Crippen molar-refractivity contribution in [2.24, 2.45) is 0 Å². The molecule has 1 aromatic carbocycles. The molecule has 0 atom stereocenters. The lowest BCUT2D eigenvalue weighted by atomic mass is 10.1. The SMILES string of the molecule is C=CC(=O)OCCNC(=S)c1ccc(C=O)cc1. The van der Waals surface area contributed by atoms with Gasteiger partial charge in [-0.05, 0) is 0 Å². The molecule has 0 radical (unpaired) electrons. The number of rotatable bonds is 6. The van der Waals surface area contributed by atoms with Crippen molar-refractivity contribution in [1.29, 1.82) is 0 Å². The first-order chi connectivity index (χ1) is 8.67. The number of hydrogen-bond acceptors (Lipinski definition) is 4. The van der Waals surface area contributed by atoms with E-state index in [9.17, 15) is 9.59 Å². The van der Waals surface area contributed by atoms with Gasteiger partial charge < -0.3 is 10.1 Å². The summed E-state index contributed by atoms with van der Waals surface area (Å²) in [7, 11) is 0. The van der Waals surface area contributed by atoms with E-state index in [4.69, 9.17) is 17.0 Å². The molecule has 0 aliphatic heterocycles. The van der Waals surface area contributed by atoms with Crippen molar-refractivity contribution in [1.82, 2.24) is 5.32 Å². The zero-order valence-corrected chi connectivity index (χ0v) is 10.5.